The van der Waals surface area contributed by atoms with E-state index in [2.05, 4.69) is 5.32 Å². The van der Waals surface area contributed by atoms with Crippen LogP contribution in [-0.2, 0) is 26.3 Å². The van der Waals surface area contributed by atoms with E-state index in [1.807, 2.05) is 45.0 Å². The Morgan fingerprint density at radius 3 is 2.12 bits per heavy atom. The molecular weight excluding hydrogens is 452 g/mol. The normalized spacial score (nSPS) is 13.3. The summed E-state index contributed by atoms with van der Waals surface area (Å²) in [7, 11) is -1.11. The van der Waals surface area contributed by atoms with Gasteiger partial charge in [-0.1, -0.05) is 49.4 Å². The van der Waals surface area contributed by atoms with E-state index in [4.69, 9.17) is 0 Å². The fourth-order valence-corrected chi connectivity index (χ4v) is 4.39. The van der Waals surface area contributed by atoms with Crippen LogP contribution in [0.4, 0.5) is 5.69 Å². The zero-order valence-corrected chi connectivity index (χ0v) is 21.7. The summed E-state index contributed by atoms with van der Waals surface area (Å²) >= 11 is 0. The van der Waals surface area contributed by atoms with Crippen molar-refractivity contribution in [1.82, 2.24) is 14.5 Å². The molecule has 0 aliphatic heterocycles. The van der Waals surface area contributed by atoms with E-state index in [0.717, 1.165) is 26.2 Å². The van der Waals surface area contributed by atoms with E-state index >= 15 is 0 Å². The smallest absolute Gasteiger partial charge is 0.304 e. The standard InChI is InChI=1S/C25H36N4O4S/c1-7-20(3)26-25(31)21(4)28(17-22-14-12-11-13-19(22)2)24(30)18-29(34(32,33)27(5)6)23-15-9-8-10-16-23/h8-16,20-21H,7,17-18H2,1-6H3,(H,26,31). The van der Waals surface area contributed by atoms with E-state index in [1.54, 1.807) is 37.3 Å². The highest BCUT2D eigenvalue weighted by atomic mass is 32.2. The molecule has 0 fully saturated rings. The van der Waals surface area contributed by atoms with Crippen molar-refractivity contribution in [1.29, 1.82) is 0 Å². The third kappa shape index (κ3) is 6.80. The Balaban J connectivity index is 2.43. The first-order valence-electron chi connectivity index (χ1n) is 11.4. The monoisotopic (exact) mass is 488 g/mol. The lowest BCUT2D eigenvalue weighted by molar-refractivity contribution is -0.139. The molecule has 2 atom stereocenters. The molecule has 2 amide bonds. The molecule has 0 radical (unpaired) electrons. The third-order valence-corrected chi connectivity index (χ3v) is 7.65. The van der Waals surface area contributed by atoms with Crippen LogP contribution in [0.3, 0.4) is 0 Å². The lowest BCUT2D eigenvalue weighted by atomic mass is 10.1. The molecule has 2 rings (SSSR count). The molecule has 0 saturated carbocycles. The molecule has 0 spiro atoms. The van der Waals surface area contributed by atoms with Gasteiger partial charge in [-0.25, -0.2) is 4.31 Å². The number of benzene rings is 2. The number of carbonyl (C=O) groups excluding carboxylic acids is 2. The topological polar surface area (TPSA) is 90.0 Å². The zero-order valence-electron chi connectivity index (χ0n) is 20.9. The molecule has 9 heteroatoms. The number of hydrogen-bond donors (Lipinski definition) is 1. The summed E-state index contributed by atoms with van der Waals surface area (Å²) in [5, 5.41) is 2.93. The van der Waals surface area contributed by atoms with Crippen molar-refractivity contribution in [3.05, 3.63) is 65.7 Å². The van der Waals surface area contributed by atoms with Crippen LogP contribution in [0.2, 0.25) is 0 Å². The fourth-order valence-electron chi connectivity index (χ4n) is 3.33. The Bertz CT molecular complexity index is 1070. The van der Waals surface area contributed by atoms with Gasteiger partial charge in [0.2, 0.25) is 11.8 Å². The van der Waals surface area contributed by atoms with E-state index < -0.39 is 28.7 Å². The molecule has 0 heterocycles. The maximum absolute atomic E-state index is 13.6. The van der Waals surface area contributed by atoms with E-state index in [0.29, 0.717) is 5.69 Å². The van der Waals surface area contributed by atoms with Crippen molar-refractivity contribution >= 4 is 27.7 Å². The Morgan fingerprint density at radius 1 is 0.971 bits per heavy atom. The van der Waals surface area contributed by atoms with E-state index in [-0.39, 0.29) is 18.5 Å². The molecule has 0 aliphatic carbocycles. The molecule has 8 nitrogen and oxygen atoms in total. The SMILES string of the molecule is CCC(C)NC(=O)C(C)N(Cc1ccccc1C)C(=O)CN(c1ccccc1)S(=O)(=O)N(C)C. The Kier molecular flexibility index (Phi) is 9.64. The summed E-state index contributed by atoms with van der Waals surface area (Å²) in [5.41, 5.74) is 2.24. The third-order valence-electron chi connectivity index (χ3n) is 5.83. The molecule has 0 bridgehead atoms. The lowest BCUT2D eigenvalue weighted by Crippen LogP contribution is -2.53. The average Bonchev–Trinajstić information content (AvgIpc) is 2.81. The summed E-state index contributed by atoms with van der Waals surface area (Å²) < 4.78 is 28.3. The predicted octanol–water partition coefficient (Wildman–Crippen LogP) is 2.94. The van der Waals surface area contributed by atoms with Gasteiger partial charge in [-0.3, -0.25) is 9.59 Å². The average molecular weight is 489 g/mol. The molecule has 0 aromatic heterocycles. The highest BCUT2D eigenvalue weighted by Gasteiger charge is 2.32. The second kappa shape index (κ2) is 12.0. The zero-order chi connectivity index (χ0) is 25.5. The predicted molar refractivity (Wildman–Crippen MR) is 135 cm³/mol. The van der Waals surface area contributed by atoms with Crippen molar-refractivity contribution in [2.45, 2.75) is 52.7 Å². The van der Waals surface area contributed by atoms with Crippen LogP contribution >= 0.6 is 0 Å². The number of amides is 2. The van der Waals surface area contributed by atoms with Crippen molar-refractivity contribution in [2.24, 2.45) is 0 Å². The number of para-hydroxylation sites is 1. The first kappa shape index (κ1) is 27.3. The van der Waals surface area contributed by atoms with Crippen LogP contribution in [0.15, 0.2) is 54.6 Å². The lowest BCUT2D eigenvalue weighted by Gasteiger charge is -2.33. The van der Waals surface area contributed by atoms with Gasteiger partial charge >= 0.3 is 10.2 Å². The largest absolute Gasteiger partial charge is 0.352 e. The van der Waals surface area contributed by atoms with E-state index in [9.17, 15) is 18.0 Å². The van der Waals surface area contributed by atoms with Crippen molar-refractivity contribution in [2.75, 3.05) is 24.9 Å². The Hall–Kier alpha value is -2.91. The minimum absolute atomic E-state index is 0.0414. The fraction of sp³-hybridized carbons (Fsp3) is 0.440. The molecular formula is C25H36N4O4S. The first-order chi connectivity index (χ1) is 16.0. The molecule has 2 aromatic rings. The van der Waals surface area contributed by atoms with Crippen LogP contribution in [-0.4, -0.2) is 62.2 Å². The number of nitrogens with one attached hydrogen (secondary N) is 1. The van der Waals surface area contributed by atoms with Crippen molar-refractivity contribution in [3.8, 4) is 0 Å². The number of nitrogens with zero attached hydrogens (tertiary/aromatic N) is 3. The number of hydrogen-bond acceptors (Lipinski definition) is 4. The number of carbonyl (C=O) groups is 2. The van der Waals surface area contributed by atoms with Gasteiger partial charge < -0.3 is 10.2 Å². The maximum Gasteiger partial charge on any atom is 0.304 e. The van der Waals surface area contributed by atoms with Gasteiger partial charge in [0.05, 0.1) is 5.69 Å². The maximum atomic E-state index is 13.6. The minimum Gasteiger partial charge on any atom is -0.352 e. The van der Waals surface area contributed by atoms with Crippen LogP contribution in [0.5, 0.6) is 0 Å². The number of anilines is 1. The summed E-state index contributed by atoms with van der Waals surface area (Å²) in [5.74, 6) is -0.748. The molecule has 1 N–H and O–H groups in total. The number of rotatable bonds is 11. The minimum atomic E-state index is -3.95. The van der Waals surface area contributed by atoms with Crippen molar-refractivity contribution < 1.29 is 18.0 Å². The van der Waals surface area contributed by atoms with Gasteiger partial charge in [-0.2, -0.15) is 12.7 Å². The van der Waals surface area contributed by atoms with Gasteiger partial charge in [-0.05, 0) is 50.5 Å². The quantitative estimate of drug-likeness (QED) is 0.527. The van der Waals surface area contributed by atoms with Crippen LogP contribution in [0.1, 0.15) is 38.3 Å². The second-order valence-electron chi connectivity index (χ2n) is 8.57. The summed E-state index contributed by atoms with van der Waals surface area (Å²) in [6.07, 6.45) is 0.757. The molecule has 34 heavy (non-hydrogen) atoms. The van der Waals surface area contributed by atoms with Crippen molar-refractivity contribution in [3.63, 3.8) is 0 Å². The Morgan fingerprint density at radius 2 is 1.56 bits per heavy atom. The van der Waals surface area contributed by atoms with Crippen LogP contribution < -0.4 is 9.62 Å². The van der Waals surface area contributed by atoms with Gasteiger partial charge in [-0.15, -0.1) is 0 Å². The molecule has 0 saturated heterocycles. The Labute approximate surface area is 203 Å². The summed E-state index contributed by atoms with van der Waals surface area (Å²) in [4.78, 5) is 28.0. The summed E-state index contributed by atoms with van der Waals surface area (Å²) in [6, 6.07) is 15.3. The van der Waals surface area contributed by atoms with Crippen LogP contribution in [0, 0.1) is 6.92 Å². The first-order valence-corrected chi connectivity index (χ1v) is 12.8. The second-order valence-corrected chi connectivity index (χ2v) is 10.6. The van der Waals surface area contributed by atoms with Gasteiger partial charge in [0, 0.05) is 26.7 Å². The molecule has 186 valence electrons. The molecule has 2 unspecified atom stereocenters. The van der Waals surface area contributed by atoms with Gasteiger partial charge in [0.25, 0.3) is 0 Å². The number of aryl methyl sites for hydroxylation is 1. The molecule has 2 aromatic carbocycles. The van der Waals surface area contributed by atoms with E-state index in [1.165, 1.54) is 19.0 Å². The highest BCUT2D eigenvalue weighted by molar-refractivity contribution is 7.90. The highest BCUT2D eigenvalue weighted by Crippen LogP contribution is 2.21. The van der Waals surface area contributed by atoms with Gasteiger partial charge in [0.15, 0.2) is 0 Å². The molecule has 0 aliphatic rings. The van der Waals surface area contributed by atoms with Crippen LogP contribution in [0.25, 0.3) is 0 Å². The van der Waals surface area contributed by atoms with Gasteiger partial charge in [0.1, 0.15) is 12.6 Å². The summed E-state index contributed by atoms with van der Waals surface area (Å²) in [6.45, 7) is 7.23.